The van der Waals surface area contributed by atoms with Crippen molar-refractivity contribution in [3.63, 3.8) is 0 Å². The average Bonchev–Trinajstić information content (AvgIpc) is 1.80. The van der Waals surface area contributed by atoms with E-state index >= 15 is 0 Å². The molecule has 0 heterocycles. The van der Waals surface area contributed by atoms with E-state index in [9.17, 15) is 18.5 Å². The Morgan fingerprint density at radius 1 is 1.73 bits per heavy atom. The molecule has 0 aliphatic heterocycles. The Morgan fingerprint density at radius 3 is 2.27 bits per heavy atom. The number of nitrogens with zero attached hydrogens (tertiary/aromatic N) is 3. The van der Waals surface area contributed by atoms with Crippen LogP contribution in [0.2, 0.25) is 0 Å². The van der Waals surface area contributed by atoms with E-state index in [0.717, 1.165) is 6.19 Å². The largest absolute Gasteiger partial charge is 0.345 e. The second-order valence-corrected chi connectivity index (χ2v) is 4.17. The molecule has 10 heteroatoms. The number of hydrazine groups is 1. The second kappa shape index (κ2) is 3.37. The Bertz CT molecular complexity index is 287. The SMILES string of the molecule is N#CN(SS(=O)(=O)O)[N+](=O)[O-]. The number of nitro groups is 1. The zero-order valence-electron chi connectivity index (χ0n) is 4.74. The molecule has 0 spiro atoms. The zero-order chi connectivity index (χ0) is 9.07. The molecule has 0 aromatic rings. The van der Waals surface area contributed by atoms with Crippen molar-refractivity contribution in [1.82, 2.24) is 4.41 Å². The molecule has 0 aromatic carbocycles. The molecule has 0 aliphatic rings. The van der Waals surface area contributed by atoms with Crippen molar-refractivity contribution in [2.75, 3.05) is 0 Å². The quantitative estimate of drug-likeness (QED) is 0.122. The summed E-state index contributed by atoms with van der Waals surface area (Å²) in [6, 6.07) is 0. The van der Waals surface area contributed by atoms with E-state index in [1.807, 2.05) is 0 Å². The molecule has 11 heavy (non-hydrogen) atoms. The molecule has 0 amide bonds. The minimum Gasteiger partial charge on any atom is -0.276 e. The van der Waals surface area contributed by atoms with Crippen LogP contribution in [-0.2, 0) is 9.15 Å². The van der Waals surface area contributed by atoms with Crippen LogP contribution in [-0.4, -0.2) is 22.4 Å². The predicted molar refractivity (Wildman–Crippen MR) is 33.6 cm³/mol. The van der Waals surface area contributed by atoms with Crippen molar-refractivity contribution < 1.29 is 18.0 Å². The second-order valence-electron chi connectivity index (χ2n) is 1.11. The minimum absolute atomic E-state index is 0.394. The van der Waals surface area contributed by atoms with Crippen LogP contribution >= 0.6 is 11.0 Å². The van der Waals surface area contributed by atoms with E-state index in [1.54, 1.807) is 0 Å². The molecular weight excluding hydrogens is 198 g/mol. The maximum atomic E-state index is 9.93. The van der Waals surface area contributed by atoms with E-state index in [-0.39, 0.29) is 0 Å². The highest BCUT2D eigenvalue weighted by atomic mass is 33.2. The van der Waals surface area contributed by atoms with Gasteiger partial charge in [0, 0.05) is 0 Å². The highest BCUT2D eigenvalue weighted by Gasteiger charge is 2.23. The lowest BCUT2D eigenvalue weighted by Crippen LogP contribution is -2.18. The summed E-state index contributed by atoms with van der Waals surface area (Å²) >= 11 is 0. The molecule has 0 bridgehead atoms. The molecular formula is CHN3O5S2. The molecule has 62 valence electrons. The first-order valence-corrected chi connectivity index (χ1v) is 4.61. The van der Waals surface area contributed by atoms with Gasteiger partial charge in [0.1, 0.15) is 0 Å². The first-order valence-electron chi connectivity index (χ1n) is 1.88. The molecule has 0 fully saturated rings. The number of hydrogen-bond acceptors (Lipinski definition) is 6. The van der Waals surface area contributed by atoms with Gasteiger partial charge < -0.3 is 0 Å². The van der Waals surface area contributed by atoms with Gasteiger partial charge in [0.25, 0.3) is 6.19 Å². The summed E-state index contributed by atoms with van der Waals surface area (Å²) in [6.07, 6.45) is 0.916. The summed E-state index contributed by atoms with van der Waals surface area (Å²) in [5, 5.41) is 16.3. The van der Waals surface area contributed by atoms with E-state index in [4.69, 9.17) is 9.81 Å². The molecule has 0 saturated heterocycles. The Morgan fingerprint density at radius 2 is 2.18 bits per heavy atom. The van der Waals surface area contributed by atoms with Gasteiger partial charge in [-0.3, -0.25) is 4.55 Å². The van der Waals surface area contributed by atoms with Gasteiger partial charge in [0.15, 0.2) is 16.0 Å². The zero-order valence-corrected chi connectivity index (χ0v) is 6.37. The third-order valence-corrected chi connectivity index (χ3v) is 1.93. The van der Waals surface area contributed by atoms with Crippen LogP contribution in [0.3, 0.4) is 0 Å². The van der Waals surface area contributed by atoms with Crippen LogP contribution in [0.25, 0.3) is 0 Å². The monoisotopic (exact) mass is 199 g/mol. The highest BCUT2D eigenvalue weighted by Crippen LogP contribution is 2.14. The molecule has 0 aromatic heterocycles. The molecule has 1 N–H and O–H groups in total. The Labute approximate surface area is 64.8 Å². The molecule has 8 nitrogen and oxygen atoms in total. The van der Waals surface area contributed by atoms with Gasteiger partial charge in [-0.2, -0.15) is 13.7 Å². The smallest absolute Gasteiger partial charge is 0.276 e. The predicted octanol–water partition coefficient (Wildman–Crippen LogP) is -0.588. The van der Waals surface area contributed by atoms with Gasteiger partial charge in [0.2, 0.25) is 0 Å². The summed E-state index contributed by atoms with van der Waals surface area (Å²) in [5.41, 5.74) is 0. The topological polar surface area (TPSA) is 125 Å². The van der Waals surface area contributed by atoms with Crippen LogP contribution < -0.4 is 0 Å². The van der Waals surface area contributed by atoms with Gasteiger partial charge >= 0.3 is 9.15 Å². The van der Waals surface area contributed by atoms with Crippen molar-refractivity contribution in [2.45, 2.75) is 0 Å². The summed E-state index contributed by atoms with van der Waals surface area (Å²) in [6.45, 7) is 0. The van der Waals surface area contributed by atoms with E-state index in [0.29, 0.717) is 0 Å². The molecule has 0 atom stereocenters. The van der Waals surface area contributed by atoms with Crippen molar-refractivity contribution in [1.29, 1.82) is 5.26 Å². The van der Waals surface area contributed by atoms with Crippen LogP contribution in [0.15, 0.2) is 0 Å². The fraction of sp³-hybridized carbons (Fsp3) is 0. The lowest BCUT2D eigenvalue weighted by molar-refractivity contribution is -0.598. The molecule has 0 aliphatic carbocycles. The normalized spacial score (nSPS) is 10.2. The molecule has 0 radical (unpaired) electrons. The fourth-order valence-corrected chi connectivity index (χ4v) is 1.23. The number of hydrogen-bond donors (Lipinski definition) is 1. The minimum atomic E-state index is -4.60. The van der Waals surface area contributed by atoms with Gasteiger partial charge in [-0.1, -0.05) is 0 Å². The van der Waals surface area contributed by atoms with Gasteiger partial charge in [0.05, 0.1) is 4.41 Å². The summed E-state index contributed by atoms with van der Waals surface area (Å²) in [5.74, 6) is 0. The maximum Gasteiger partial charge on any atom is 0.345 e. The summed E-state index contributed by atoms with van der Waals surface area (Å²) < 4.78 is 27.5. The molecule has 0 unspecified atom stereocenters. The van der Waals surface area contributed by atoms with Crippen molar-refractivity contribution in [2.24, 2.45) is 0 Å². The number of rotatable bonds is 3. The average molecular weight is 199 g/mol. The Balaban J connectivity index is 4.38. The van der Waals surface area contributed by atoms with Crippen molar-refractivity contribution >= 4 is 20.1 Å². The van der Waals surface area contributed by atoms with E-state index in [2.05, 4.69) is 0 Å². The Kier molecular flexibility index (Phi) is 3.05. The van der Waals surface area contributed by atoms with Crippen molar-refractivity contribution in [3.8, 4) is 6.19 Å². The first-order chi connectivity index (χ1) is 4.87. The standard InChI is InChI=1S/CHN3O5S2/c2-1-3(4(5)6)10-11(7,8)9/h(H,7,8,9). The van der Waals surface area contributed by atoms with E-state index in [1.165, 1.54) is 0 Å². The Hall–Kier alpha value is -1.05. The lowest BCUT2D eigenvalue weighted by Gasteiger charge is -1.97. The van der Waals surface area contributed by atoms with Crippen LogP contribution in [0.5, 0.6) is 0 Å². The van der Waals surface area contributed by atoms with Gasteiger partial charge in [-0.25, -0.2) is 10.1 Å². The molecule has 0 saturated carbocycles. The van der Waals surface area contributed by atoms with Crippen LogP contribution in [0.1, 0.15) is 0 Å². The summed E-state index contributed by atoms with van der Waals surface area (Å²) in [7, 11) is -5.19. The highest BCUT2D eigenvalue weighted by molar-refractivity contribution is 8.68. The van der Waals surface area contributed by atoms with Crippen molar-refractivity contribution in [3.05, 3.63) is 10.1 Å². The third-order valence-electron chi connectivity index (χ3n) is 0.399. The van der Waals surface area contributed by atoms with Crippen LogP contribution in [0, 0.1) is 21.6 Å². The maximum absolute atomic E-state index is 9.93. The van der Waals surface area contributed by atoms with Gasteiger partial charge in [-0.05, 0) is 0 Å². The van der Waals surface area contributed by atoms with E-state index < -0.39 is 29.6 Å². The fourth-order valence-electron chi connectivity index (χ4n) is 0.170. The number of nitriles is 1. The van der Waals surface area contributed by atoms with Crippen LogP contribution in [0.4, 0.5) is 0 Å². The third kappa shape index (κ3) is 4.37. The summed E-state index contributed by atoms with van der Waals surface area (Å²) in [4.78, 5) is 9.72. The first kappa shape index (κ1) is 9.95. The lowest BCUT2D eigenvalue weighted by atomic mass is 11.4. The molecule has 0 rings (SSSR count). The van der Waals surface area contributed by atoms with Gasteiger partial charge in [-0.15, -0.1) is 0 Å².